The molecule has 1 fully saturated rings. The van der Waals surface area contributed by atoms with Gasteiger partial charge in [0.05, 0.1) is 10.8 Å². The SMILES string of the molecule is O=C(Cn1[nH]c(=O)c2ccccc2c1=O)N1CCCN(Cc2ccccc2F)CC1. The number of rotatable bonds is 4. The highest BCUT2D eigenvalue weighted by Gasteiger charge is 2.21. The molecule has 0 unspecified atom stereocenters. The molecule has 2 heterocycles. The van der Waals surface area contributed by atoms with Gasteiger partial charge in [-0.2, -0.15) is 0 Å². The van der Waals surface area contributed by atoms with Crippen molar-refractivity contribution in [2.24, 2.45) is 0 Å². The lowest BCUT2D eigenvalue weighted by atomic mass is 10.2. The molecule has 0 atom stereocenters. The average molecular weight is 410 g/mol. The molecule has 30 heavy (non-hydrogen) atoms. The molecule has 7 nitrogen and oxygen atoms in total. The van der Waals surface area contributed by atoms with E-state index in [1.807, 2.05) is 6.07 Å². The molecule has 8 heteroatoms. The summed E-state index contributed by atoms with van der Waals surface area (Å²) in [7, 11) is 0. The Bertz CT molecular complexity index is 1190. The van der Waals surface area contributed by atoms with Crippen LogP contribution < -0.4 is 11.1 Å². The van der Waals surface area contributed by atoms with E-state index in [4.69, 9.17) is 0 Å². The Hall–Kier alpha value is -3.26. The Balaban J connectivity index is 1.44. The quantitative estimate of drug-likeness (QED) is 0.708. The predicted molar refractivity (Wildman–Crippen MR) is 112 cm³/mol. The number of hydrogen-bond acceptors (Lipinski definition) is 4. The van der Waals surface area contributed by atoms with Crippen molar-refractivity contribution in [2.75, 3.05) is 26.2 Å². The minimum Gasteiger partial charge on any atom is -0.340 e. The van der Waals surface area contributed by atoms with Gasteiger partial charge in [-0.05, 0) is 24.6 Å². The number of carbonyl (C=O) groups excluding carboxylic acids is 1. The van der Waals surface area contributed by atoms with Gasteiger partial charge in [-0.3, -0.25) is 24.4 Å². The van der Waals surface area contributed by atoms with Crippen LogP contribution in [0.15, 0.2) is 58.1 Å². The van der Waals surface area contributed by atoms with Crippen molar-refractivity contribution >= 4 is 16.7 Å². The van der Waals surface area contributed by atoms with Crippen LogP contribution in [0.25, 0.3) is 10.8 Å². The van der Waals surface area contributed by atoms with E-state index in [9.17, 15) is 18.8 Å². The van der Waals surface area contributed by atoms with Crippen LogP contribution in [-0.2, 0) is 17.9 Å². The van der Waals surface area contributed by atoms with Gasteiger partial charge in [0.2, 0.25) is 5.91 Å². The fraction of sp³-hybridized carbons (Fsp3) is 0.318. The summed E-state index contributed by atoms with van der Waals surface area (Å²) in [5.41, 5.74) is -0.156. The lowest BCUT2D eigenvalue weighted by Crippen LogP contribution is -2.40. The molecular formula is C22H23FN4O3. The number of nitrogens with zero attached hydrogens (tertiary/aromatic N) is 3. The molecule has 1 amide bonds. The number of aromatic nitrogens is 2. The molecule has 0 aliphatic carbocycles. The fourth-order valence-electron chi connectivity index (χ4n) is 3.84. The maximum atomic E-state index is 13.9. The third kappa shape index (κ3) is 4.18. The van der Waals surface area contributed by atoms with Gasteiger partial charge >= 0.3 is 0 Å². The third-order valence-electron chi connectivity index (χ3n) is 5.47. The fourth-order valence-corrected chi connectivity index (χ4v) is 3.84. The summed E-state index contributed by atoms with van der Waals surface area (Å²) in [6.45, 7) is 2.69. The Labute approximate surface area is 172 Å². The molecule has 0 bridgehead atoms. The van der Waals surface area contributed by atoms with Crippen LogP contribution in [0.2, 0.25) is 0 Å². The Kier molecular flexibility index (Phi) is 5.76. The largest absolute Gasteiger partial charge is 0.340 e. The lowest BCUT2D eigenvalue weighted by molar-refractivity contribution is -0.132. The summed E-state index contributed by atoms with van der Waals surface area (Å²) < 4.78 is 15.0. The zero-order valence-electron chi connectivity index (χ0n) is 16.5. The molecule has 1 N–H and O–H groups in total. The number of hydrogen-bond donors (Lipinski definition) is 1. The van der Waals surface area contributed by atoms with Crippen LogP contribution in [0.3, 0.4) is 0 Å². The zero-order chi connectivity index (χ0) is 21.1. The van der Waals surface area contributed by atoms with Crippen LogP contribution >= 0.6 is 0 Å². The second-order valence-electron chi connectivity index (χ2n) is 7.48. The van der Waals surface area contributed by atoms with E-state index in [1.165, 1.54) is 6.07 Å². The van der Waals surface area contributed by atoms with Gasteiger partial charge in [0.15, 0.2) is 0 Å². The molecular weight excluding hydrogens is 387 g/mol. The van der Waals surface area contributed by atoms with Crippen LogP contribution in [0, 0.1) is 5.82 Å². The van der Waals surface area contributed by atoms with Crippen molar-refractivity contribution < 1.29 is 9.18 Å². The van der Waals surface area contributed by atoms with E-state index < -0.39 is 11.1 Å². The van der Waals surface area contributed by atoms with E-state index in [1.54, 1.807) is 41.3 Å². The maximum absolute atomic E-state index is 13.9. The first-order valence-electron chi connectivity index (χ1n) is 9.98. The topological polar surface area (TPSA) is 78.4 Å². The first kappa shape index (κ1) is 20.0. The number of benzene rings is 2. The highest BCUT2D eigenvalue weighted by atomic mass is 19.1. The second-order valence-corrected chi connectivity index (χ2v) is 7.48. The molecule has 1 aliphatic rings. The van der Waals surface area contributed by atoms with Gasteiger partial charge in [0.25, 0.3) is 11.1 Å². The molecule has 4 rings (SSSR count). The number of H-pyrrole nitrogens is 1. The minimum atomic E-state index is -0.398. The number of nitrogens with one attached hydrogen (secondary N) is 1. The van der Waals surface area contributed by atoms with Gasteiger partial charge in [-0.25, -0.2) is 9.07 Å². The predicted octanol–water partition coefficient (Wildman–Crippen LogP) is 1.56. The van der Waals surface area contributed by atoms with Gasteiger partial charge in [0, 0.05) is 38.3 Å². The molecule has 156 valence electrons. The van der Waals surface area contributed by atoms with Gasteiger partial charge in [-0.1, -0.05) is 30.3 Å². The molecule has 1 aromatic heterocycles. The summed E-state index contributed by atoms with van der Waals surface area (Å²) in [5.74, 6) is -0.454. The summed E-state index contributed by atoms with van der Waals surface area (Å²) in [6.07, 6.45) is 0.753. The van der Waals surface area contributed by atoms with Crippen molar-refractivity contribution in [3.8, 4) is 0 Å². The normalized spacial score (nSPS) is 15.3. The van der Waals surface area contributed by atoms with Crippen LogP contribution in [0.5, 0.6) is 0 Å². The molecule has 1 aliphatic heterocycles. The number of halogens is 1. The Morgan fingerprint density at radius 1 is 0.933 bits per heavy atom. The summed E-state index contributed by atoms with van der Waals surface area (Å²) in [5, 5.41) is 3.10. The Morgan fingerprint density at radius 3 is 2.47 bits per heavy atom. The van der Waals surface area contributed by atoms with E-state index in [0.717, 1.165) is 17.6 Å². The maximum Gasteiger partial charge on any atom is 0.273 e. The summed E-state index contributed by atoms with van der Waals surface area (Å²) >= 11 is 0. The van der Waals surface area contributed by atoms with Crippen molar-refractivity contribution in [3.63, 3.8) is 0 Å². The number of aromatic amines is 1. The van der Waals surface area contributed by atoms with Crippen molar-refractivity contribution in [2.45, 2.75) is 19.5 Å². The molecule has 3 aromatic rings. The lowest BCUT2D eigenvalue weighted by Gasteiger charge is -2.22. The first-order valence-corrected chi connectivity index (χ1v) is 9.98. The van der Waals surface area contributed by atoms with E-state index in [-0.39, 0.29) is 18.3 Å². The van der Waals surface area contributed by atoms with Gasteiger partial charge in [0.1, 0.15) is 12.4 Å². The van der Waals surface area contributed by atoms with Gasteiger partial charge in [-0.15, -0.1) is 0 Å². The minimum absolute atomic E-state index is 0.216. The van der Waals surface area contributed by atoms with E-state index >= 15 is 0 Å². The van der Waals surface area contributed by atoms with E-state index in [0.29, 0.717) is 42.5 Å². The summed E-state index contributed by atoms with van der Waals surface area (Å²) in [6, 6.07) is 13.2. The smallest absolute Gasteiger partial charge is 0.273 e. The standard InChI is InChI=1S/C22H23FN4O3/c23-19-9-4-1-6-16(19)14-25-10-5-11-26(13-12-25)20(28)15-27-22(30)18-8-3-2-7-17(18)21(29)24-27/h1-4,6-9H,5,10-15H2,(H,24,29). The highest BCUT2D eigenvalue weighted by molar-refractivity contribution is 5.81. The molecule has 1 saturated heterocycles. The summed E-state index contributed by atoms with van der Waals surface area (Å²) in [4.78, 5) is 41.5. The average Bonchev–Trinajstić information content (AvgIpc) is 2.99. The van der Waals surface area contributed by atoms with E-state index in [2.05, 4.69) is 10.00 Å². The van der Waals surface area contributed by atoms with Crippen LogP contribution in [0.1, 0.15) is 12.0 Å². The number of amides is 1. The molecule has 0 saturated carbocycles. The van der Waals surface area contributed by atoms with Crippen molar-refractivity contribution in [1.82, 2.24) is 19.6 Å². The molecule has 0 spiro atoms. The Morgan fingerprint density at radius 2 is 1.67 bits per heavy atom. The van der Waals surface area contributed by atoms with Crippen LogP contribution in [0.4, 0.5) is 4.39 Å². The first-order chi connectivity index (χ1) is 14.5. The van der Waals surface area contributed by atoms with Crippen LogP contribution in [-0.4, -0.2) is 51.7 Å². The zero-order valence-corrected chi connectivity index (χ0v) is 16.5. The third-order valence-corrected chi connectivity index (χ3v) is 5.47. The molecule has 0 radical (unpaired) electrons. The van der Waals surface area contributed by atoms with Crippen molar-refractivity contribution in [3.05, 3.63) is 80.6 Å². The van der Waals surface area contributed by atoms with Crippen molar-refractivity contribution in [1.29, 1.82) is 0 Å². The van der Waals surface area contributed by atoms with Gasteiger partial charge < -0.3 is 4.90 Å². The molecule has 2 aromatic carbocycles. The second kappa shape index (κ2) is 8.62. The number of fused-ring (bicyclic) bond motifs is 1. The monoisotopic (exact) mass is 410 g/mol. The number of carbonyl (C=O) groups is 1. The highest BCUT2D eigenvalue weighted by Crippen LogP contribution is 2.12.